The number of ether oxygens (including phenoxy) is 3. The molecular formula is C23H30N2O6. The Morgan fingerprint density at radius 1 is 1.19 bits per heavy atom. The lowest BCUT2D eigenvalue weighted by Crippen LogP contribution is -2.45. The molecule has 5 atom stereocenters. The lowest BCUT2D eigenvalue weighted by atomic mass is 9.77. The number of carbonyl (C=O) groups excluding carboxylic acids is 3. The number of carbonyl (C=O) groups is 3. The number of rotatable bonds is 5. The van der Waals surface area contributed by atoms with E-state index in [0.717, 1.165) is 12.8 Å². The lowest BCUT2D eigenvalue weighted by Gasteiger charge is -2.39. The fraction of sp³-hybridized carbons (Fsp3) is 0.609. The van der Waals surface area contributed by atoms with E-state index in [0.29, 0.717) is 35.6 Å². The Balaban J connectivity index is 1.31. The Morgan fingerprint density at radius 2 is 1.97 bits per heavy atom. The molecular weight excluding hydrogens is 400 g/mol. The number of benzene rings is 1. The number of anilines is 1. The molecule has 1 aliphatic carbocycles. The molecule has 2 amide bonds. The first-order valence-corrected chi connectivity index (χ1v) is 11.0. The van der Waals surface area contributed by atoms with Crippen molar-refractivity contribution >= 4 is 23.5 Å². The highest BCUT2D eigenvalue weighted by Crippen LogP contribution is 2.36. The molecule has 0 bridgehead atoms. The fourth-order valence-corrected chi connectivity index (χ4v) is 4.75. The number of amides is 2. The number of esters is 1. The highest BCUT2D eigenvalue weighted by atomic mass is 16.7. The molecule has 0 spiro atoms. The van der Waals surface area contributed by atoms with Crippen LogP contribution in [0.25, 0.3) is 0 Å². The van der Waals surface area contributed by atoms with Gasteiger partial charge < -0.3 is 24.4 Å². The van der Waals surface area contributed by atoms with E-state index in [2.05, 4.69) is 19.2 Å². The molecule has 31 heavy (non-hydrogen) atoms. The molecule has 2 aliphatic heterocycles. The Hall–Kier alpha value is -2.77. The van der Waals surface area contributed by atoms with Crippen LogP contribution in [0.5, 0.6) is 11.5 Å². The van der Waals surface area contributed by atoms with Crippen molar-refractivity contribution in [2.24, 2.45) is 17.8 Å². The van der Waals surface area contributed by atoms with Crippen LogP contribution in [-0.4, -0.2) is 48.2 Å². The van der Waals surface area contributed by atoms with E-state index in [-0.39, 0.29) is 25.2 Å². The van der Waals surface area contributed by atoms with Crippen LogP contribution >= 0.6 is 0 Å². The molecule has 2 heterocycles. The first-order chi connectivity index (χ1) is 14.8. The quantitative estimate of drug-likeness (QED) is 0.722. The summed E-state index contributed by atoms with van der Waals surface area (Å²) < 4.78 is 16.0. The van der Waals surface area contributed by atoms with Crippen LogP contribution in [0, 0.1) is 17.8 Å². The molecule has 1 aromatic carbocycles. The van der Waals surface area contributed by atoms with E-state index >= 15 is 0 Å². The van der Waals surface area contributed by atoms with Crippen molar-refractivity contribution in [3.05, 3.63) is 18.2 Å². The monoisotopic (exact) mass is 430 g/mol. The standard InChI is InChI=1S/C23H30N2O6/c1-13-5-4-6-18(14(13)2)25-11-16(9-21(25)26)23(28)31-15(3)22(27)24-17-7-8-19-20(10-17)30-12-29-19/h7-8,10,13-16,18H,4-6,9,11-12H2,1-3H3,(H,24,27)/t13-,14-,15-,16+,18+/m0/s1. The zero-order valence-corrected chi connectivity index (χ0v) is 18.3. The van der Waals surface area contributed by atoms with Crippen molar-refractivity contribution in [3.63, 3.8) is 0 Å². The normalized spacial score (nSPS) is 28.4. The average molecular weight is 431 g/mol. The van der Waals surface area contributed by atoms with Gasteiger partial charge in [-0.15, -0.1) is 0 Å². The van der Waals surface area contributed by atoms with Crippen LogP contribution in [0.3, 0.4) is 0 Å². The molecule has 1 aromatic rings. The van der Waals surface area contributed by atoms with Gasteiger partial charge in [-0.3, -0.25) is 14.4 Å². The van der Waals surface area contributed by atoms with Gasteiger partial charge in [0, 0.05) is 30.8 Å². The van der Waals surface area contributed by atoms with E-state index in [1.807, 2.05) is 4.90 Å². The molecule has 8 heteroatoms. The Kier molecular flexibility index (Phi) is 6.07. The van der Waals surface area contributed by atoms with E-state index < -0.39 is 23.9 Å². The van der Waals surface area contributed by atoms with Gasteiger partial charge >= 0.3 is 5.97 Å². The number of hydrogen-bond donors (Lipinski definition) is 1. The van der Waals surface area contributed by atoms with Crippen LogP contribution in [0.2, 0.25) is 0 Å². The first kappa shape index (κ1) is 21.5. The number of fused-ring (bicyclic) bond motifs is 1. The van der Waals surface area contributed by atoms with Crippen LogP contribution in [0.15, 0.2) is 18.2 Å². The molecule has 1 saturated heterocycles. The van der Waals surface area contributed by atoms with Crippen molar-refractivity contribution in [2.75, 3.05) is 18.7 Å². The maximum atomic E-state index is 12.7. The van der Waals surface area contributed by atoms with E-state index in [1.165, 1.54) is 13.3 Å². The van der Waals surface area contributed by atoms with Gasteiger partial charge in [-0.2, -0.15) is 0 Å². The van der Waals surface area contributed by atoms with Crippen molar-refractivity contribution in [1.29, 1.82) is 0 Å². The molecule has 3 aliphatic rings. The van der Waals surface area contributed by atoms with Gasteiger partial charge in [0.25, 0.3) is 5.91 Å². The summed E-state index contributed by atoms with van der Waals surface area (Å²) in [6.07, 6.45) is 2.43. The van der Waals surface area contributed by atoms with E-state index in [4.69, 9.17) is 14.2 Å². The SMILES string of the molecule is C[C@@H]1[C@H](N2C[C@H](C(=O)O[C@@H](C)C(=O)Nc3ccc4c(c3)OCO4)CC2=O)CCC[C@@H]1C. The average Bonchev–Trinajstić information content (AvgIpc) is 3.36. The number of nitrogens with one attached hydrogen (secondary N) is 1. The fourth-order valence-electron chi connectivity index (χ4n) is 4.75. The Bertz CT molecular complexity index is 872. The highest BCUT2D eigenvalue weighted by molar-refractivity contribution is 5.96. The summed E-state index contributed by atoms with van der Waals surface area (Å²) in [6, 6.07) is 5.25. The van der Waals surface area contributed by atoms with Crippen molar-refractivity contribution in [1.82, 2.24) is 4.90 Å². The van der Waals surface area contributed by atoms with Gasteiger partial charge in [0.2, 0.25) is 12.7 Å². The minimum atomic E-state index is -0.976. The molecule has 168 valence electrons. The summed E-state index contributed by atoms with van der Waals surface area (Å²) in [6.45, 7) is 6.46. The molecule has 8 nitrogen and oxygen atoms in total. The van der Waals surface area contributed by atoms with Gasteiger partial charge in [-0.1, -0.05) is 26.7 Å². The summed E-state index contributed by atoms with van der Waals surface area (Å²) in [5.41, 5.74) is 0.528. The maximum Gasteiger partial charge on any atom is 0.312 e. The summed E-state index contributed by atoms with van der Waals surface area (Å²) in [7, 11) is 0. The number of likely N-dealkylation sites (tertiary alicyclic amines) is 1. The van der Waals surface area contributed by atoms with Gasteiger partial charge in [0.15, 0.2) is 17.6 Å². The summed E-state index contributed by atoms with van der Waals surface area (Å²) in [4.78, 5) is 39.6. The third kappa shape index (κ3) is 4.48. The molecule has 1 saturated carbocycles. The van der Waals surface area contributed by atoms with Crippen molar-refractivity contribution in [3.8, 4) is 11.5 Å². The second-order valence-corrected chi connectivity index (χ2v) is 8.92. The molecule has 1 N–H and O–H groups in total. The topological polar surface area (TPSA) is 94.2 Å². The van der Waals surface area contributed by atoms with Crippen LogP contribution in [0.1, 0.15) is 46.5 Å². The first-order valence-electron chi connectivity index (χ1n) is 11.0. The van der Waals surface area contributed by atoms with Gasteiger partial charge in [-0.05, 0) is 37.3 Å². The van der Waals surface area contributed by atoms with E-state index in [1.54, 1.807) is 18.2 Å². The Labute approximate surface area is 182 Å². The predicted molar refractivity (Wildman–Crippen MR) is 113 cm³/mol. The summed E-state index contributed by atoms with van der Waals surface area (Å²) >= 11 is 0. The van der Waals surface area contributed by atoms with Crippen LogP contribution in [0.4, 0.5) is 5.69 Å². The minimum Gasteiger partial charge on any atom is -0.454 e. The maximum absolute atomic E-state index is 12.7. The highest BCUT2D eigenvalue weighted by Gasteiger charge is 2.42. The largest absolute Gasteiger partial charge is 0.454 e. The zero-order chi connectivity index (χ0) is 22.1. The van der Waals surface area contributed by atoms with Gasteiger partial charge in [0.1, 0.15) is 0 Å². The predicted octanol–water partition coefficient (Wildman–Crippen LogP) is 2.96. The minimum absolute atomic E-state index is 0.00497. The smallest absolute Gasteiger partial charge is 0.312 e. The van der Waals surface area contributed by atoms with Crippen LogP contribution < -0.4 is 14.8 Å². The molecule has 0 aromatic heterocycles. The second kappa shape index (κ2) is 8.77. The summed E-state index contributed by atoms with van der Waals surface area (Å²) in [5, 5.41) is 2.72. The molecule has 2 fully saturated rings. The molecule has 0 radical (unpaired) electrons. The third-order valence-corrected chi connectivity index (χ3v) is 6.86. The summed E-state index contributed by atoms with van der Waals surface area (Å²) in [5.74, 6) is 0.691. The number of nitrogens with zero attached hydrogens (tertiary/aromatic N) is 1. The second-order valence-electron chi connectivity index (χ2n) is 8.92. The third-order valence-electron chi connectivity index (χ3n) is 6.86. The van der Waals surface area contributed by atoms with Gasteiger partial charge in [-0.25, -0.2) is 0 Å². The van der Waals surface area contributed by atoms with E-state index in [9.17, 15) is 14.4 Å². The van der Waals surface area contributed by atoms with Gasteiger partial charge in [0.05, 0.1) is 5.92 Å². The van der Waals surface area contributed by atoms with Crippen LogP contribution in [-0.2, 0) is 19.1 Å². The Morgan fingerprint density at radius 3 is 2.77 bits per heavy atom. The number of hydrogen-bond acceptors (Lipinski definition) is 6. The zero-order valence-electron chi connectivity index (χ0n) is 18.3. The van der Waals surface area contributed by atoms with Crippen molar-refractivity contribution in [2.45, 2.75) is 58.6 Å². The lowest BCUT2D eigenvalue weighted by molar-refractivity contribution is -0.157. The molecule has 4 rings (SSSR count). The molecule has 0 unspecified atom stereocenters. The van der Waals surface area contributed by atoms with Crippen molar-refractivity contribution < 1.29 is 28.6 Å².